The zero-order valence-corrected chi connectivity index (χ0v) is 10.2. The third-order valence-corrected chi connectivity index (χ3v) is 4.31. The molecule has 0 aromatic carbocycles. The molecule has 4 atom stereocenters. The van der Waals surface area contributed by atoms with Gasteiger partial charge in [0, 0.05) is 12.6 Å². The van der Waals surface area contributed by atoms with E-state index in [1.807, 2.05) is 0 Å². The molecule has 88 valence electrons. The average Bonchev–Trinajstić information content (AvgIpc) is 2.90. The van der Waals surface area contributed by atoms with Gasteiger partial charge in [-0.2, -0.15) is 0 Å². The van der Waals surface area contributed by atoms with E-state index in [9.17, 15) is 5.11 Å². The Kier molecular flexibility index (Phi) is 3.68. The number of aliphatic hydroxyl groups is 1. The summed E-state index contributed by atoms with van der Waals surface area (Å²) >= 11 is 0. The maximum absolute atomic E-state index is 10.1. The monoisotopic (exact) mass is 211 g/mol. The van der Waals surface area contributed by atoms with Crippen LogP contribution in [-0.4, -0.2) is 35.7 Å². The summed E-state index contributed by atoms with van der Waals surface area (Å²) in [6.07, 6.45) is 7.34. The van der Waals surface area contributed by atoms with Gasteiger partial charge in [0.25, 0.3) is 0 Å². The van der Waals surface area contributed by atoms with Gasteiger partial charge in [0.05, 0.1) is 6.10 Å². The molecule has 2 fully saturated rings. The summed E-state index contributed by atoms with van der Waals surface area (Å²) < 4.78 is 0. The lowest BCUT2D eigenvalue weighted by Gasteiger charge is -2.30. The van der Waals surface area contributed by atoms with E-state index in [2.05, 4.69) is 18.9 Å². The summed E-state index contributed by atoms with van der Waals surface area (Å²) in [7, 11) is 2.20. The van der Waals surface area contributed by atoms with Crippen LogP contribution in [-0.2, 0) is 0 Å². The van der Waals surface area contributed by atoms with Crippen LogP contribution in [0.2, 0.25) is 0 Å². The number of aliphatic hydroxyl groups excluding tert-OH is 1. The Hall–Kier alpha value is -0.0800. The van der Waals surface area contributed by atoms with Gasteiger partial charge in [0.1, 0.15) is 0 Å². The van der Waals surface area contributed by atoms with Gasteiger partial charge in [-0.15, -0.1) is 0 Å². The van der Waals surface area contributed by atoms with Gasteiger partial charge < -0.3 is 10.0 Å². The minimum atomic E-state index is -0.0773. The zero-order valence-electron chi connectivity index (χ0n) is 10.2. The Bertz CT molecular complexity index is 207. The van der Waals surface area contributed by atoms with Gasteiger partial charge >= 0.3 is 0 Å². The molecule has 0 aliphatic heterocycles. The van der Waals surface area contributed by atoms with Crippen molar-refractivity contribution in [3.05, 3.63) is 0 Å². The van der Waals surface area contributed by atoms with Crippen molar-refractivity contribution in [3.8, 4) is 0 Å². The molecule has 2 rings (SSSR count). The second-order valence-corrected chi connectivity index (χ2v) is 5.69. The summed E-state index contributed by atoms with van der Waals surface area (Å²) in [5, 5.41) is 10.1. The summed E-state index contributed by atoms with van der Waals surface area (Å²) in [5.41, 5.74) is 0. The molecule has 0 bridgehead atoms. The molecule has 15 heavy (non-hydrogen) atoms. The topological polar surface area (TPSA) is 23.5 Å². The third-order valence-electron chi connectivity index (χ3n) is 4.31. The quantitative estimate of drug-likeness (QED) is 0.724. The molecule has 0 radical (unpaired) electrons. The van der Waals surface area contributed by atoms with Crippen molar-refractivity contribution in [3.63, 3.8) is 0 Å². The third kappa shape index (κ3) is 2.94. The molecule has 2 heteroatoms. The van der Waals surface area contributed by atoms with Crippen molar-refractivity contribution in [1.29, 1.82) is 0 Å². The number of rotatable bonds is 3. The number of likely N-dealkylation sites (N-methyl/N-ethyl adjacent to an activating group) is 1. The number of hydrogen-bond acceptors (Lipinski definition) is 2. The Labute approximate surface area is 93.7 Å². The molecular formula is C13H25NO. The maximum Gasteiger partial charge on any atom is 0.0695 e. The lowest BCUT2D eigenvalue weighted by atomic mass is 10.0. The Morgan fingerprint density at radius 2 is 1.87 bits per heavy atom. The number of nitrogens with zero attached hydrogens (tertiary/aromatic N) is 1. The molecule has 0 saturated heterocycles. The average molecular weight is 211 g/mol. The normalized spacial score (nSPS) is 41.6. The first kappa shape index (κ1) is 11.4. The van der Waals surface area contributed by atoms with Crippen molar-refractivity contribution >= 4 is 0 Å². The van der Waals surface area contributed by atoms with E-state index in [0.717, 1.165) is 18.3 Å². The lowest BCUT2D eigenvalue weighted by molar-refractivity contribution is 0.0552. The number of hydrogen-bond donors (Lipinski definition) is 1. The highest BCUT2D eigenvalue weighted by Gasteiger charge is 2.35. The molecule has 2 nitrogen and oxygen atoms in total. The maximum atomic E-state index is 10.1. The first-order valence-electron chi connectivity index (χ1n) is 6.57. The van der Waals surface area contributed by atoms with E-state index in [1.165, 1.54) is 38.6 Å². The van der Waals surface area contributed by atoms with Gasteiger partial charge in [-0.3, -0.25) is 0 Å². The largest absolute Gasteiger partial charge is 0.391 e. The Morgan fingerprint density at radius 3 is 2.53 bits per heavy atom. The van der Waals surface area contributed by atoms with Gasteiger partial charge in [-0.1, -0.05) is 26.2 Å². The lowest BCUT2D eigenvalue weighted by Crippen LogP contribution is -2.41. The van der Waals surface area contributed by atoms with E-state index in [4.69, 9.17) is 0 Å². The standard InChI is InChI=1S/C13H25NO/c1-10-8-11(10)9-14(2)12-6-4-3-5-7-13(12)15/h10-13,15H,3-9H2,1-2H3. The summed E-state index contributed by atoms with van der Waals surface area (Å²) in [5.74, 6) is 1.83. The van der Waals surface area contributed by atoms with Crippen LogP contribution in [0.4, 0.5) is 0 Å². The summed E-state index contributed by atoms with van der Waals surface area (Å²) in [6, 6.07) is 0.431. The molecule has 4 unspecified atom stereocenters. The molecule has 2 aliphatic carbocycles. The molecule has 2 aliphatic rings. The van der Waals surface area contributed by atoms with Crippen LogP contribution in [0.15, 0.2) is 0 Å². The molecule has 0 spiro atoms. The van der Waals surface area contributed by atoms with E-state index in [-0.39, 0.29) is 6.10 Å². The fraction of sp³-hybridized carbons (Fsp3) is 1.00. The van der Waals surface area contributed by atoms with Crippen LogP contribution >= 0.6 is 0 Å². The second-order valence-electron chi connectivity index (χ2n) is 5.69. The molecule has 0 aromatic rings. The highest BCUT2D eigenvalue weighted by atomic mass is 16.3. The Balaban J connectivity index is 1.83. The highest BCUT2D eigenvalue weighted by Crippen LogP contribution is 2.38. The summed E-state index contributed by atoms with van der Waals surface area (Å²) in [4.78, 5) is 2.42. The smallest absolute Gasteiger partial charge is 0.0695 e. The Morgan fingerprint density at radius 1 is 1.20 bits per heavy atom. The molecule has 2 saturated carbocycles. The fourth-order valence-corrected chi connectivity index (χ4v) is 2.94. The van der Waals surface area contributed by atoms with E-state index in [0.29, 0.717) is 6.04 Å². The molecular weight excluding hydrogens is 186 g/mol. The van der Waals surface area contributed by atoms with Crippen molar-refractivity contribution in [2.24, 2.45) is 11.8 Å². The van der Waals surface area contributed by atoms with Gasteiger partial charge in [-0.05, 0) is 38.1 Å². The van der Waals surface area contributed by atoms with Crippen LogP contribution in [0.3, 0.4) is 0 Å². The highest BCUT2D eigenvalue weighted by molar-refractivity contribution is 4.88. The SMILES string of the molecule is CC1CC1CN(C)C1CCCCCC1O. The van der Waals surface area contributed by atoms with Gasteiger partial charge in [0.15, 0.2) is 0 Å². The van der Waals surface area contributed by atoms with Crippen LogP contribution in [0.5, 0.6) is 0 Å². The predicted molar refractivity (Wildman–Crippen MR) is 62.8 cm³/mol. The minimum absolute atomic E-state index is 0.0773. The second kappa shape index (κ2) is 4.84. The van der Waals surface area contributed by atoms with E-state index < -0.39 is 0 Å². The van der Waals surface area contributed by atoms with E-state index >= 15 is 0 Å². The fourth-order valence-electron chi connectivity index (χ4n) is 2.94. The molecule has 1 N–H and O–H groups in total. The van der Waals surface area contributed by atoms with Crippen molar-refractivity contribution < 1.29 is 5.11 Å². The van der Waals surface area contributed by atoms with Crippen molar-refractivity contribution in [2.45, 2.75) is 57.6 Å². The predicted octanol–water partition coefficient (Wildman–Crippen LogP) is 2.27. The first-order chi connectivity index (χ1) is 7.18. The van der Waals surface area contributed by atoms with Crippen molar-refractivity contribution in [2.75, 3.05) is 13.6 Å². The molecule has 0 amide bonds. The first-order valence-corrected chi connectivity index (χ1v) is 6.57. The minimum Gasteiger partial charge on any atom is -0.391 e. The van der Waals surface area contributed by atoms with Gasteiger partial charge in [0.2, 0.25) is 0 Å². The molecule has 0 aromatic heterocycles. The van der Waals surface area contributed by atoms with E-state index in [1.54, 1.807) is 0 Å². The zero-order chi connectivity index (χ0) is 10.8. The van der Waals surface area contributed by atoms with Crippen LogP contribution in [0, 0.1) is 11.8 Å². The van der Waals surface area contributed by atoms with Crippen LogP contribution < -0.4 is 0 Å². The van der Waals surface area contributed by atoms with Crippen LogP contribution in [0.1, 0.15) is 45.4 Å². The summed E-state index contributed by atoms with van der Waals surface area (Å²) in [6.45, 7) is 3.53. The van der Waals surface area contributed by atoms with Crippen molar-refractivity contribution in [1.82, 2.24) is 4.90 Å². The van der Waals surface area contributed by atoms with Gasteiger partial charge in [-0.25, -0.2) is 0 Å². The molecule has 0 heterocycles. The van der Waals surface area contributed by atoms with Crippen LogP contribution in [0.25, 0.3) is 0 Å².